The zero-order valence-corrected chi connectivity index (χ0v) is 9.69. The van der Waals surface area contributed by atoms with Gasteiger partial charge in [-0.3, -0.25) is 9.48 Å². The van der Waals surface area contributed by atoms with Crippen LogP contribution in [0.2, 0.25) is 0 Å². The van der Waals surface area contributed by atoms with Crippen LogP contribution in [-0.4, -0.2) is 40.7 Å². The number of nitrogens with one attached hydrogen (secondary N) is 1. The van der Waals surface area contributed by atoms with Crippen molar-refractivity contribution >= 4 is 5.91 Å². The van der Waals surface area contributed by atoms with Gasteiger partial charge in [0.2, 0.25) is 5.91 Å². The molecule has 1 N–H and O–H groups in total. The number of hydrogen-bond donors (Lipinski definition) is 1. The van der Waals surface area contributed by atoms with Gasteiger partial charge in [-0.2, -0.15) is 5.10 Å². The summed E-state index contributed by atoms with van der Waals surface area (Å²) in [6.07, 6.45) is 3.72. The molecule has 5 nitrogen and oxygen atoms in total. The Kier molecular flexibility index (Phi) is 3.85. The van der Waals surface area contributed by atoms with Crippen LogP contribution < -0.4 is 5.32 Å². The number of nitrogens with zero attached hydrogens (tertiary/aromatic N) is 3. The highest BCUT2D eigenvalue weighted by Gasteiger charge is 2.13. The van der Waals surface area contributed by atoms with Crippen LogP contribution in [0.5, 0.6) is 0 Å². The first-order chi connectivity index (χ1) is 7.00. The molecule has 1 amide bonds. The molecule has 1 rings (SSSR count). The van der Waals surface area contributed by atoms with Crippen LogP contribution in [0.25, 0.3) is 0 Å². The molecule has 0 saturated heterocycles. The Labute approximate surface area is 90.1 Å². The third kappa shape index (κ3) is 3.36. The highest BCUT2D eigenvalue weighted by molar-refractivity contribution is 5.80. The number of hydrogen-bond acceptors (Lipinski definition) is 3. The first-order valence-corrected chi connectivity index (χ1v) is 4.92. The Morgan fingerprint density at radius 3 is 2.80 bits per heavy atom. The van der Waals surface area contributed by atoms with Gasteiger partial charge in [-0.25, -0.2) is 0 Å². The Morgan fingerprint density at radius 1 is 1.67 bits per heavy atom. The molecule has 1 unspecified atom stereocenters. The number of aromatic nitrogens is 2. The number of likely N-dealkylation sites (N-methyl/N-ethyl adjacent to an activating group) is 1. The van der Waals surface area contributed by atoms with Crippen molar-refractivity contribution in [2.24, 2.45) is 7.05 Å². The molecule has 0 saturated carbocycles. The van der Waals surface area contributed by atoms with Crippen molar-refractivity contribution < 1.29 is 4.79 Å². The number of rotatable bonds is 4. The predicted molar refractivity (Wildman–Crippen MR) is 58.2 cm³/mol. The van der Waals surface area contributed by atoms with E-state index in [9.17, 15) is 4.79 Å². The molecule has 0 aliphatic carbocycles. The van der Waals surface area contributed by atoms with E-state index in [1.165, 1.54) is 0 Å². The summed E-state index contributed by atoms with van der Waals surface area (Å²) in [4.78, 5) is 13.1. The summed E-state index contributed by atoms with van der Waals surface area (Å²) in [7, 11) is 5.38. The first kappa shape index (κ1) is 11.7. The van der Waals surface area contributed by atoms with Gasteiger partial charge in [-0.1, -0.05) is 0 Å². The maximum Gasteiger partial charge on any atom is 0.238 e. The molecule has 0 aliphatic heterocycles. The van der Waals surface area contributed by atoms with Crippen molar-refractivity contribution in [2.45, 2.75) is 19.5 Å². The fourth-order valence-corrected chi connectivity index (χ4v) is 1.31. The van der Waals surface area contributed by atoms with Crippen molar-refractivity contribution in [1.82, 2.24) is 20.0 Å². The van der Waals surface area contributed by atoms with Gasteiger partial charge in [0, 0.05) is 39.4 Å². The number of aryl methyl sites for hydroxylation is 1. The minimum absolute atomic E-state index is 0.0823. The van der Waals surface area contributed by atoms with Crippen LogP contribution >= 0.6 is 0 Å². The second-order valence-corrected chi connectivity index (χ2v) is 3.86. The van der Waals surface area contributed by atoms with Crippen LogP contribution in [0, 0.1) is 0 Å². The molecule has 0 radical (unpaired) electrons. The predicted octanol–water partition coefficient (Wildman–Crippen LogP) is -0.0136. The van der Waals surface area contributed by atoms with E-state index in [0.29, 0.717) is 6.54 Å². The molecular formula is C10H18N4O. The molecule has 1 heterocycles. The molecule has 15 heavy (non-hydrogen) atoms. The van der Waals surface area contributed by atoms with Gasteiger partial charge in [0.1, 0.15) is 0 Å². The third-order valence-corrected chi connectivity index (χ3v) is 2.18. The van der Waals surface area contributed by atoms with E-state index in [1.807, 2.05) is 20.2 Å². The highest BCUT2D eigenvalue weighted by Crippen LogP contribution is 1.97. The summed E-state index contributed by atoms with van der Waals surface area (Å²) >= 11 is 0. The van der Waals surface area contributed by atoms with Gasteiger partial charge < -0.3 is 10.2 Å². The monoisotopic (exact) mass is 210 g/mol. The van der Waals surface area contributed by atoms with E-state index < -0.39 is 0 Å². The minimum Gasteiger partial charge on any atom is -0.347 e. The zero-order valence-electron chi connectivity index (χ0n) is 9.69. The summed E-state index contributed by atoms with van der Waals surface area (Å²) in [6, 6.07) is -0.166. The summed E-state index contributed by atoms with van der Waals surface area (Å²) in [6.45, 7) is 2.52. The fraction of sp³-hybridized carbons (Fsp3) is 0.600. The molecule has 84 valence electrons. The van der Waals surface area contributed by atoms with Gasteiger partial charge in [-0.15, -0.1) is 0 Å². The lowest BCUT2D eigenvalue weighted by Gasteiger charge is -2.17. The molecule has 1 atom stereocenters. The number of carbonyl (C=O) groups excluding carboxylic acids is 1. The van der Waals surface area contributed by atoms with Gasteiger partial charge in [0.25, 0.3) is 0 Å². The van der Waals surface area contributed by atoms with Gasteiger partial charge >= 0.3 is 0 Å². The zero-order chi connectivity index (χ0) is 11.4. The summed E-state index contributed by atoms with van der Waals surface area (Å²) in [5.74, 6) is 0.0823. The first-order valence-electron chi connectivity index (χ1n) is 4.92. The molecule has 5 heteroatoms. The summed E-state index contributed by atoms with van der Waals surface area (Å²) in [5.41, 5.74) is 1.08. The van der Waals surface area contributed by atoms with E-state index in [4.69, 9.17) is 0 Å². The Morgan fingerprint density at radius 2 is 2.33 bits per heavy atom. The van der Waals surface area contributed by atoms with Gasteiger partial charge in [0.15, 0.2) is 0 Å². The molecule has 1 aromatic heterocycles. The lowest BCUT2D eigenvalue weighted by Crippen LogP contribution is -2.41. The second kappa shape index (κ2) is 4.93. The highest BCUT2D eigenvalue weighted by atomic mass is 16.2. The van der Waals surface area contributed by atoms with Gasteiger partial charge in [0.05, 0.1) is 12.2 Å². The summed E-state index contributed by atoms with van der Waals surface area (Å²) < 4.78 is 1.75. The lowest BCUT2D eigenvalue weighted by atomic mass is 10.2. The number of carbonyl (C=O) groups is 1. The Balaban J connectivity index is 2.40. The second-order valence-electron chi connectivity index (χ2n) is 3.86. The van der Waals surface area contributed by atoms with Crippen LogP contribution in [0.4, 0.5) is 0 Å². The third-order valence-electron chi connectivity index (χ3n) is 2.18. The van der Waals surface area contributed by atoms with Crippen molar-refractivity contribution in [3.05, 3.63) is 18.0 Å². The van der Waals surface area contributed by atoms with Crippen molar-refractivity contribution in [3.8, 4) is 0 Å². The maximum absolute atomic E-state index is 11.5. The molecule has 0 aromatic carbocycles. The normalized spacial score (nSPS) is 12.5. The standard InChI is InChI=1S/C10H18N4O/c1-8(10(15)13(2)3)11-5-9-6-12-14(4)7-9/h6-8,11H,5H2,1-4H3. The molecule has 0 aliphatic rings. The van der Waals surface area contributed by atoms with Crippen LogP contribution in [0.15, 0.2) is 12.4 Å². The van der Waals surface area contributed by atoms with E-state index in [2.05, 4.69) is 10.4 Å². The topological polar surface area (TPSA) is 50.2 Å². The van der Waals surface area contributed by atoms with E-state index in [0.717, 1.165) is 5.56 Å². The Hall–Kier alpha value is -1.36. The smallest absolute Gasteiger partial charge is 0.238 e. The van der Waals surface area contributed by atoms with E-state index in [-0.39, 0.29) is 11.9 Å². The van der Waals surface area contributed by atoms with Gasteiger partial charge in [-0.05, 0) is 6.92 Å². The molecular weight excluding hydrogens is 192 g/mol. The molecule has 0 fully saturated rings. The van der Waals surface area contributed by atoms with Crippen LogP contribution in [0.3, 0.4) is 0 Å². The van der Waals surface area contributed by atoms with E-state index >= 15 is 0 Å². The van der Waals surface area contributed by atoms with Crippen LogP contribution in [0.1, 0.15) is 12.5 Å². The van der Waals surface area contributed by atoms with Crippen molar-refractivity contribution in [3.63, 3.8) is 0 Å². The molecule has 0 bridgehead atoms. The Bertz CT molecular complexity index is 332. The minimum atomic E-state index is -0.166. The average Bonchev–Trinajstić information content (AvgIpc) is 2.59. The lowest BCUT2D eigenvalue weighted by molar-refractivity contribution is -0.130. The van der Waals surface area contributed by atoms with Crippen LogP contribution in [-0.2, 0) is 18.4 Å². The average molecular weight is 210 g/mol. The maximum atomic E-state index is 11.5. The van der Waals surface area contributed by atoms with Crippen molar-refractivity contribution in [2.75, 3.05) is 14.1 Å². The summed E-state index contributed by atoms with van der Waals surface area (Å²) in [5, 5.41) is 7.20. The SMILES string of the molecule is CC(NCc1cnn(C)c1)C(=O)N(C)C. The molecule has 1 aromatic rings. The molecule has 0 spiro atoms. The quantitative estimate of drug-likeness (QED) is 0.760. The largest absolute Gasteiger partial charge is 0.347 e. The fourth-order valence-electron chi connectivity index (χ4n) is 1.31. The number of amides is 1. The van der Waals surface area contributed by atoms with Crippen molar-refractivity contribution in [1.29, 1.82) is 0 Å². The van der Waals surface area contributed by atoms with E-state index in [1.54, 1.807) is 29.9 Å².